The van der Waals surface area contributed by atoms with Gasteiger partial charge < -0.3 is 5.11 Å². The van der Waals surface area contributed by atoms with Gasteiger partial charge in [0.25, 0.3) is 0 Å². The fraction of sp³-hybridized carbons (Fsp3) is 0.176. The molecule has 0 fully saturated rings. The van der Waals surface area contributed by atoms with Crippen LogP contribution in [0.2, 0.25) is 0 Å². The van der Waals surface area contributed by atoms with Gasteiger partial charge in [0.15, 0.2) is 5.78 Å². The van der Waals surface area contributed by atoms with Crippen LogP contribution in [0.1, 0.15) is 33.8 Å². The molecule has 2 rings (SSSR count). The van der Waals surface area contributed by atoms with Gasteiger partial charge in [-0.1, -0.05) is 42.0 Å². The molecule has 0 aliphatic carbocycles. The van der Waals surface area contributed by atoms with E-state index in [2.05, 4.69) is 6.07 Å². The average molecular weight is 265 g/mol. The third-order valence-electron chi connectivity index (χ3n) is 3.20. The second-order valence-corrected chi connectivity index (χ2v) is 4.74. The number of Topliss-reactive ketones (excluding diaryl/α,β-unsaturated/α-hetero) is 1. The molecule has 0 saturated heterocycles. The highest BCUT2D eigenvalue weighted by Gasteiger charge is 2.18. The Morgan fingerprint density at radius 1 is 1.25 bits per heavy atom. The number of carbonyl (C=O) groups excluding carboxylic acids is 1. The van der Waals surface area contributed by atoms with E-state index < -0.39 is 5.92 Å². The van der Waals surface area contributed by atoms with Crippen molar-refractivity contribution in [3.05, 3.63) is 65.2 Å². The molecule has 0 aliphatic heterocycles. The van der Waals surface area contributed by atoms with Crippen LogP contribution in [0.15, 0.2) is 48.5 Å². The highest BCUT2D eigenvalue weighted by atomic mass is 16.3. The fourth-order valence-corrected chi connectivity index (χ4v) is 2.09. The normalized spacial score (nSPS) is 11.6. The van der Waals surface area contributed by atoms with Crippen LogP contribution in [-0.4, -0.2) is 10.9 Å². The predicted molar refractivity (Wildman–Crippen MR) is 76.6 cm³/mol. The van der Waals surface area contributed by atoms with Crippen molar-refractivity contribution in [3.63, 3.8) is 0 Å². The van der Waals surface area contributed by atoms with Crippen LogP contribution in [0.3, 0.4) is 0 Å². The lowest BCUT2D eigenvalue weighted by Crippen LogP contribution is -2.07. The summed E-state index contributed by atoms with van der Waals surface area (Å²) in [6.45, 7) is 1.86. The number of benzene rings is 2. The molecule has 1 atom stereocenters. The third-order valence-corrected chi connectivity index (χ3v) is 3.20. The molecule has 3 heteroatoms. The summed E-state index contributed by atoms with van der Waals surface area (Å²) in [4.78, 5) is 12.2. The van der Waals surface area contributed by atoms with Gasteiger partial charge in [-0.2, -0.15) is 5.26 Å². The van der Waals surface area contributed by atoms with Gasteiger partial charge in [0.2, 0.25) is 0 Å². The van der Waals surface area contributed by atoms with E-state index in [1.165, 1.54) is 6.07 Å². The van der Waals surface area contributed by atoms with Crippen molar-refractivity contribution in [2.75, 3.05) is 0 Å². The number of rotatable bonds is 4. The molecule has 20 heavy (non-hydrogen) atoms. The van der Waals surface area contributed by atoms with E-state index in [9.17, 15) is 15.2 Å². The zero-order valence-corrected chi connectivity index (χ0v) is 11.2. The molecule has 0 radical (unpaired) electrons. The van der Waals surface area contributed by atoms with Crippen LogP contribution in [0, 0.1) is 18.3 Å². The van der Waals surface area contributed by atoms with Gasteiger partial charge in [0, 0.05) is 6.42 Å². The van der Waals surface area contributed by atoms with E-state index in [4.69, 9.17) is 0 Å². The monoisotopic (exact) mass is 265 g/mol. The molecule has 0 bridgehead atoms. The Balaban J connectivity index is 2.22. The summed E-state index contributed by atoms with van der Waals surface area (Å²) in [6, 6.07) is 16.3. The number of aromatic hydroxyl groups is 1. The molecule has 2 aromatic rings. The molecule has 0 saturated carbocycles. The van der Waals surface area contributed by atoms with Crippen molar-refractivity contribution in [2.45, 2.75) is 19.3 Å². The molecule has 1 N–H and O–H groups in total. The molecule has 3 nitrogen and oxygen atoms in total. The van der Waals surface area contributed by atoms with E-state index in [1.807, 2.05) is 37.3 Å². The minimum Gasteiger partial charge on any atom is -0.507 e. The average Bonchev–Trinajstić information content (AvgIpc) is 2.48. The molecular formula is C17H15NO2. The van der Waals surface area contributed by atoms with Crippen molar-refractivity contribution >= 4 is 5.78 Å². The summed E-state index contributed by atoms with van der Waals surface area (Å²) < 4.78 is 0. The first-order chi connectivity index (χ1) is 9.61. The van der Waals surface area contributed by atoms with Gasteiger partial charge >= 0.3 is 0 Å². The first-order valence-electron chi connectivity index (χ1n) is 6.39. The second-order valence-electron chi connectivity index (χ2n) is 4.74. The Hall–Kier alpha value is -2.60. The smallest absolute Gasteiger partial charge is 0.168 e. The first kappa shape index (κ1) is 13.8. The number of hydrogen-bond donors (Lipinski definition) is 1. The number of carbonyl (C=O) groups is 1. The number of phenols is 1. The lowest BCUT2D eigenvalue weighted by molar-refractivity contribution is 0.0976. The van der Waals surface area contributed by atoms with E-state index in [0.717, 1.165) is 11.1 Å². The summed E-state index contributed by atoms with van der Waals surface area (Å²) >= 11 is 0. The standard InChI is InChI=1S/C17H15NO2/c1-12-7-8-16(19)15(9-12)17(20)10-14(11-18)13-5-3-2-4-6-13/h2-9,14,19H,10H2,1H3. The van der Waals surface area contributed by atoms with Crippen LogP contribution in [0.5, 0.6) is 5.75 Å². The molecule has 1 unspecified atom stereocenters. The van der Waals surface area contributed by atoms with E-state index in [-0.39, 0.29) is 23.5 Å². The summed E-state index contributed by atoms with van der Waals surface area (Å²) in [6.07, 6.45) is 0.0670. The maximum Gasteiger partial charge on any atom is 0.168 e. The number of nitrogens with zero attached hydrogens (tertiary/aromatic N) is 1. The van der Waals surface area contributed by atoms with E-state index in [1.54, 1.807) is 12.1 Å². The lowest BCUT2D eigenvalue weighted by atomic mass is 9.92. The van der Waals surface area contributed by atoms with Crippen LogP contribution in [-0.2, 0) is 0 Å². The topological polar surface area (TPSA) is 61.1 Å². The predicted octanol–water partition coefficient (Wildman–Crippen LogP) is 3.58. The van der Waals surface area contributed by atoms with Crippen molar-refractivity contribution < 1.29 is 9.90 Å². The zero-order chi connectivity index (χ0) is 14.5. The summed E-state index contributed by atoms with van der Waals surface area (Å²) in [5.41, 5.74) is 2.00. The maximum atomic E-state index is 12.2. The van der Waals surface area contributed by atoms with E-state index >= 15 is 0 Å². The molecule has 0 aromatic heterocycles. The Morgan fingerprint density at radius 3 is 2.60 bits per heavy atom. The third kappa shape index (κ3) is 3.04. The van der Waals surface area contributed by atoms with Crippen LogP contribution >= 0.6 is 0 Å². The second kappa shape index (κ2) is 6.03. The Labute approximate surface area is 118 Å². The van der Waals surface area contributed by atoms with Crippen LogP contribution in [0.4, 0.5) is 0 Å². The quantitative estimate of drug-likeness (QED) is 0.859. The largest absolute Gasteiger partial charge is 0.507 e. The van der Waals surface area contributed by atoms with E-state index in [0.29, 0.717) is 0 Å². The SMILES string of the molecule is Cc1ccc(O)c(C(=O)CC(C#N)c2ccccc2)c1. The number of phenolic OH excluding ortho intramolecular Hbond substituents is 1. The number of ketones is 1. The van der Waals surface area contributed by atoms with Crippen LogP contribution in [0.25, 0.3) is 0 Å². The van der Waals surface area contributed by atoms with Crippen molar-refractivity contribution in [1.29, 1.82) is 5.26 Å². The van der Waals surface area contributed by atoms with Crippen molar-refractivity contribution in [1.82, 2.24) is 0 Å². The van der Waals surface area contributed by atoms with Gasteiger partial charge in [-0.05, 0) is 24.6 Å². The summed E-state index contributed by atoms with van der Waals surface area (Å²) in [5, 5.41) is 19.0. The van der Waals surface area contributed by atoms with Gasteiger partial charge in [-0.3, -0.25) is 4.79 Å². The minimum absolute atomic E-state index is 0.0367. The Kier molecular flexibility index (Phi) is 4.17. The zero-order valence-electron chi connectivity index (χ0n) is 11.2. The van der Waals surface area contributed by atoms with Gasteiger partial charge in [0.1, 0.15) is 5.75 Å². The molecular weight excluding hydrogens is 250 g/mol. The van der Waals surface area contributed by atoms with Crippen molar-refractivity contribution in [3.8, 4) is 11.8 Å². The maximum absolute atomic E-state index is 12.2. The molecule has 0 spiro atoms. The number of hydrogen-bond acceptors (Lipinski definition) is 3. The lowest BCUT2D eigenvalue weighted by Gasteiger charge is -2.10. The molecule has 0 amide bonds. The Morgan fingerprint density at radius 2 is 1.95 bits per heavy atom. The van der Waals surface area contributed by atoms with Gasteiger partial charge in [-0.15, -0.1) is 0 Å². The molecule has 2 aromatic carbocycles. The Bertz CT molecular complexity index is 656. The highest BCUT2D eigenvalue weighted by Crippen LogP contribution is 2.25. The van der Waals surface area contributed by atoms with Gasteiger partial charge in [0.05, 0.1) is 17.6 Å². The number of aryl methyl sites for hydroxylation is 1. The minimum atomic E-state index is -0.497. The first-order valence-corrected chi connectivity index (χ1v) is 6.39. The van der Waals surface area contributed by atoms with Crippen LogP contribution < -0.4 is 0 Å². The molecule has 100 valence electrons. The van der Waals surface area contributed by atoms with Gasteiger partial charge in [-0.25, -0.2) is 0 Å². The number of nitriles is 1. The highest BCUT2D eigenvalue weighted by molar-refractivity contribution is 5.99. The molecule has 0 heterocycles. The summed E-state index contributed by atoms with van der Waals surface area (Å²) in [5.74, 6) is -0.754. The van der Waals surface area contributed by atoms with Crippen molar-refractivity contribution in [2.24, 2.45) is 0 Å². The summed E-state index contributed by atoms with van der Waals surface area (Å²) in [7, 11) is 0. The molecule has 0 aliphatic rings. The fourth-order valence-electron chi connectivity index (χ4n) is 2.09.